The summed E-state index contributed by atoms with van der Waals surface area (Å²) in [7, 11) is 0. The molecule has 144 valence electrons. The van der Waals surface area contributed by atoms with Crippen LogP contribution in [0, 0.1) is 0 Å². The van der Waals surface area contributed by atoms with Gasteiger partial charge in [0, 0.05) is 13.1 Å². The normalized spacial score (nSPS) is 20.6. The van der Waals surface area contributed by atoms with Crippen LogP contribution in [0.2, 0.25) is 0 Å². The molecule has 0 unspecified atom stereocenters. The van der Waals surface area contributed by atoms with Crippen LogP contribution in [-0.4, -0.2) is 54.1 Å². The first-order chi connectivity index (χ1) is 12.8. The van der Waals surface area contributed by atoms with Crippen LogP contribution in [-0.2, 0) is 15.1 Å². The lowest BCUT2D eigenvalue weighted by atomic mass is 9.91. The van der Waals surface area contributed by atoms with Gasteiger partial charge in [0.05, 0.1) is 0 Å². The van der Waals surface area contributed by atoms with Crippen molar-refractivity contribution in [1.82, 2.24) is 15.1 Å². The Hall–Kier alpha value is -3.03. The second-order valence-electron chi connectivity index (χ2n) is 6.88. The van der Waals surface area contributed by atoms with Crippen molar-refractivity contribution >= 4 is 17.8 Å². The van der Waals surface area contributed by atoms with Crippen molar-refractivity contribution in [2.45, 2.75) is 26.3 Å². The first kappa shape index (κ1) is 18.8. The molecule has 1 aromatic carbocycles. The molecule has 1 saturated heterocycles. The van der Waals surface area contributed by atoms with Gasteiger partial charge in [0.2, 0.25) is 12.7 Å². The molecule has 0 aliphatic carbocycles. The number of likely N-dealkylation sites (N-methyl/N-ethyl adjacent to an activating group) is 1. The second kappa shape index (κ2) is 6.94. The molecule has 1 N–H and O–H groups in total. The molecule has 4 amide bonds. The van der Waals surface area contributed by atoms with Crippen molar-refractivity contribution in [3.05, 3.63) is 35.9 Å². The molecule has 3 rings (SSSR count). The van der Waals surface area contributed by atoms with Crippen LogP contribution in [0.4, 0.5) is 4.79 Å². The zero-order valence-corrected chi connectivity index (χ0v) is 15.7. The van der Waals surface area contributed by atoms with Crippen molar-refractivity contribution in [3.63, 3.8) is 0 Å². The molecule has 2 aliphatic rings. The standard InChI is InChI=1S/C19H23N3O5/c1-5-21(9-12(2)3)16(23)10-22-17(24)19(4,20-18(22)25)13-6-7-14-15(8-13)27-11-26-14/h6-8H,2,5,9-11H2,1,3-4H3,(H,20,25)/t19-/m1/s1. The van der Waals surface area contributed by atoms with Crippen LogP contribution < -0.4 is 14.8 Å². The molecule has 0 bridgehead atoms. The minimum atomic E-state index is -1.27. The fourth-order valence-electron chi connectivity index (χ4n) is 3.18. The first-order valence-electron chi connectivity index (χ1n) is 8.72. The summed E-state index contributed by atoms with van der Waals surface area (Å²) in [5.74, 6) is 0.318. The zero-order chi connectivity index (χ0) is 19.8. The van der Waals surface area contributed by atoms with Gasteiger partial charge in [-0.25, -0.2) is 4.79 Å². The smallest absolute Gasteiger partial charge is 0.325 e. The quantitative estimate of drug-likeness (QED) is 0.605. The van der Waals surface area contributed by atoms with Gasteiger partial charge in [0.15, 0.2) is 11.5 Å². The van der Waals surface area contributed by atoms with E-state index in [1.807, 2.05) is 13.8 Å². The highest BCUT2D eigenvalue weighted by Crippen LogP contribution is 2.37. The van der Waals surface area contributed by atoms with Crippen molar-refractivity contribution in [1.29, 1.82) is 0 Å². The molecule has 0 spiro atoms. The molecular formula is C19H23N3O5. The highest BCUT2D eigenvalue weighted by molar-refractivity contribution is 6.09. The van der Waals surface area contributed by atoms with Crippen molar-refractivity contribution in [2.24, 2.45) is 0 Å². The average Bonchev–Trinajstić information content (AvgIpc) is 3.17. The van der Waals surface area contributed by atoms with Gasteiger partial charge in [0.25, 0.3) is 5.91 Å². The van der Waals surface area contributed by atoms with E-state index in [4.69, 9.17) is 9.47 Å². The van der Waals surface area contributed by atoms with Gasteiger partial charge >= 0.3 is 6.03 Å². The topological polar surface area (TPSA) is 88.2 Å². The van der Waals surface area contributed by atoms with Crippen LogP contribution in [0.1, 0.15) is 26.3 Å². The highest BCUT2D eigenvalue weighted by atomic mass is 16.7. The lowest BCUT2D eigenvalue weighted by Crippen LogP contribution is -2.44. The average molecular weight is 373 g/mol. The minimum absolute atomic E-state index is 0.117. The molecule has 0 saturated carbocycles. The van der Waals surface area contributed by atoms with E-state index >= 15 is 0 Å². The molecular weight excluding hydrogens is 350 g/mol. The number of hydrogen-bond acceptors (Lipinski definition) is 5. The van der Waals surface area contributed by atoms with Gasteiger partial charge in [-0.1, -0.05) is 18.2 Å². The molecule has 1 aromatic rings. The first-order valence-corrected chi connectivity index (χ1v) is 8.72. The van der Waals surface area contributed by atoms with E-state index in [9.17, 15) is 14.4 Å². The number of benzene rings is 1. The third-order valence-electron chi connectivity index (χ3n) is 4.71. The van der Waals surface area contributed by atoms with Crippen LogP contribution in [0.3, 0.4) is 0 Å². The Morgan fingerprint density at radius 2 is 2.04 bits per heavy atom. The molecule has 0 radical (unpaired) electrons. The van der Waals surface area contributed by atoms with Crippen LogP contribution in [0.25, 0.3) is 0 Å². The fraction of sp³-hybridized carbons (Fsp3) is 0.421. The third kappa shape index (κ3) is 3.34. The number of imide groups is 1. The number of amides is 4. The zero-order valence-electron chi connectivity index (χ0n) is 15.7. The molecule has 8 nitrogen and oxygen atoms in total. The van der Waals surface area contributed by atoms with E-state index in [2.05, 4.69) is 11.9 Å². The lowest BCUT2D eigenvalue weighted by Gasteiger charge is -2.24. The Balaban J connectivity index is 1.80. The molecule has 8 heteroatoms. The van der Waals surface area contributed by atoms with E-state index in [0.717, 1.165) is 10.5 Å². The Kier molecular flexibility index (Phi) is 4.82. The van der Waals surface area contributed by atoms with Crippen molar-refractivity contribution < 1.29 is 23.9 Å². The van der Waals surface area contributed by atoms with E-state index in [0.29, 0.717) is 30.2 Å². The molecule has 2 aliphatic heterocycles. The largest absolute Gasteiger partial charge is 0.454 e. The van der Waals surface area contributed by atoms with E-state index in [1.54, 1.807) is 30.0 Å². The van der Waals surface area contributed by atoms with E-state index < -0.39 is 17.5 Å². The molecule has 1 atom stereocenters. The Bertz CT molecular complexity index is 822. The van der Waals surface area contributed by atoms with Gasteiger partial charge < -0.3 is 19.7 Å². The molecule has 2 heterocycles. The van der Waals surface area contributed by atoms with Gasteiger partial charge in [-0.2, -0.15) is 0 Å². The predicted octanol–water partition coefficient (Wildman–Crippen LogP) is 1.61. The number of nitrogens with one attached hydrogen (secondary N) is 1. The summed E-state index contributed by atoms with van der Waals surface area (Å²) in [6.07, 6.45) is 0. The van der Waals surface area contributed by atoms with Gasteiger partial charge in [-0.3, -0.25) is 14.5 Å². The predicted molar refractivity (Wildman–Crippen MR) is 97.2 cm³/mol. The van der Waals surface area contributed by atoms with Crippen LogP contribution >= 0.6 is 0 Å². The maximum atomic E-state index is 13.0. The number of fused-ring (bicyclic) bond motifs is 1. The Morgan fingerprint density at radius 3 is 2.70 bits per heavy atom. The van der Waals surface area contributed by atoms with E-state index in [-0.39, 0.29) is 19.2 Å². The summed E-state index contributed by atoms with van der Waals surface area (Å²) >= 11 is 0. The number of urea groups is 1. The second-order valence-corrected chi connectivity index (χ2v) is 6.88. The number of hydrogen-bond donors (Lipinski definition) is 1. The Morgan fingerprint density at radius 1 is 1.33 bits per heavy atom. The van der Waals surface area contributed by atoms with Gasteiger partial charge in [-0.15, -0.1) is 0 Å². The van der Waals surface area contributed by atoms with Gasteiger partial charge in [0.1, 0.15) is 12.1 Å². The number of nitrogens with zero attached hydrogens (tertiary/aromatic N) is 2. The maximum absolute atomic E-state index is 13.0. The fourth-order valence-corrected chi connectivity index (χ4v) is 3.18. The summed E-state index contributed by atoms with van der Waals surface area (Å²) in [6.45, 7) is 9.73. The number of carbonyl (C=O) groups is 3. The summed E-state index contributed by atoms with van der Waals surface area (Å²) in [4.78, 5) is 40.5. The Labute approximate surface area is 157 Å². The number of ether oxygens (including phenoxy) is 2. The molecule has 27 heavy (non-hydrogen) atoms. The highest BCUT2D eigenvalue weighted by Gasteiger charge is 2.50. The monoisotopic (exact) mass is 373 g/mol. The molecule has 1 fully saturated rings. The molecule has 0 aromatic heterocycles. The van der Waals surface area contributed by atoms with Crippen molar-refractivity contribution in [3.8, 4) is 11.5 Å². The number of carbonyl (C=O) groups excluding carboxylic acids is 3. The summed E-state index contributed by atoms with van der Waals surface area (Å²) < 4.78 is 10.6. The summed E-state index contributed by atoms with van der Waals surface area (Å²) in [6, 6.07) is 4.48. The number of rotatable bonds is 6. The SMILES string of the molecule is C=C(C)CN(CC)C(=O)CN1C(=O)N[C@](C)(c2ccc3c(c2)OCO3)C1=O. The summed E-state index contributed by atoms with van der Waals surface area (Å²) in [5, 5.41) is 2.69. The van der Waals surface area contributed by atoms with E-state index in [1.165, 1.54) is 0 Å². The van der Waals surface area contributed by atoms with Crippen LogP contribution in [0.5, 0.6) is 11.5 Å². The maximum Gasteiger partial charge on any atom is 0.325 e. The lowest BCUT2D eigenvalue weighted by molar-refractivity contribution is -0.138. The minimum Gasteiger partial charge on any atom is -0.454 e. The third-order valence-corrected chi connectivity index (χ3v) is 4.71. The van der Waals surface area contributed by atoms with Gasteiger partial charge in [-0.05, 0) is 38.5 Å². The van der Waals surface area contributed by atoms with Crippen LogP contribution in [0.15, 0.2) is 30.4 Å². The summed E-state index contributed by atoms with van der Waals surface area (Å²) in [5.41, 5.74) is 0.117. The van der Waals surface area contributed by atoms with Crippen molar-refractivity contribution in [2.75, 3.05) is 26.4 Å².